The van der Waals surface area contributed by atoms with Crippen molar-refractivity contribution in [1.29, 1.82) is 0 Å². The number of halogens is 1. The van der Waals surface area contributed by atoms with Crippen LogP contribution in [0.25, 0.3) is 16.8 Å². The molecule has 34 heavy (non-hydrogen) atoms. The van der Waals surface area contributed by atoms with E-state index in [9.17, 15) is 13.2 Å². The van der Waals surface area contributed by atoms with Crippen molar-refractivity contribution >= 4 is 55.7 Å². The van der Waals surface area contributed by atoms with E-state index in [0.717, 1.165) is 29.9 Å². The average Bonchev–Trinajstić information content (AvgIpc) is 3.52. The normalized spacial score (nSPS) is 16.3. The fraction of sp³-hybridized carbons (Fsp3) is 0.227. The van der Waals surface area contributed by atoms with Gasteiger partial charge in [-0.3, -0.25) is 4.79 Å². The predicted molar refractivity (Wildman–Crippen MR) is 133 cm³/mol. The lowest BCUT2D eigenvalue weighted by Crippen LogP contribution is -2.36. The Hall–Kier alpha value is -3.15. The Morgan fingerprint density at radius 3 is 2.68 bits per heavy atom. The fourth-order valence-electron chi connectivity index (χ4n) is 4.16. The zero-order valence-electron chi connectivity index (χ0n) is 18.1. The second kappa shape index (κ2) is 8.57. The minimum Gasteiger partial charge on any atom is -0.382 e. The van der Waals surface area contributed by atoms with Gasteiger partial charge in [0.05, 0.1) is 25.5 Å². The molecule has 3 N–H and O–H groups in total. The third-order valence-electron chi connectivity index (χ3n) is 5.80. The van der Waals surface area contributed by atoms with E-state index in [1.807, 2.05) is 6.07 Å². The fourth-order valence-corrected chi connectivity index (χ4v) is 5.73. The summed E-state index contributed by atoms with van der Waals surface area (Å²) < 4.78 is 25.9. The molecule has 4 aromatic rings. The average molecular weight is 517 g/mol. The number of anilines is 2. The number of rotatable bonds is 5. The first-order valence-electron chi connectivity index (χ1n) is 10.4. The van der Waals surface area contributed by atoms with E-state index in [4.69, 9.17) is 17.3 Å². The number of carbonyl (C=O) groups is 1. The van der Waals surface area contributed by atoms with Gasteiger partial charge >= 0.3 is 0 Å². The highest BCUT2D eigenvalue weighted by molar-refractivity contribution is 7.90. The molecule has 0 aliphatic carbocycles. The number of benzene rings is 1. The van der Waals surface area contributed by atoms with E-state index >= 15 is 0 Å². The van der Waals surface area contributed by atoms with Gasteiger partial charge in [0.15, 0.2) is 15.7 Å². The monoisotopic (exact) mass is 516 g/mol. The maximum Gasteiger partial charge on any atom is 0.261 e. The van der Waals surface area contributed by atoms with E-state index < -0.39 is 9.84 Å². The van der Waals surface area contributed by atoms with Crippen LogP contribution in [0.3, 0.4) is 0 Å². The van der Waals surface area contributed by atoms with Crippen LogP contribution in [0.15, 0.2) is 53.7 Å². The first-order chi connectivity index (χ1) is 16.2. The highest BCUT2D eigenvalue weighted by Crippen LogP contribution is 2.35. The number of hydrogen-bond acceptors (Lipinski definition) is 8. The van der Waals surface area contributed by atoms with Crippen molar-refractivity contribution in [3.05, 3.63) is 58.0 Å². The first-order valence-corrected chi connectivity index (χ1v) is 13.5. The van der Waals surface area contributed by atoms with Gasteiger partial charge < -0.3 is 16.0 Å². The molecule has 12 heteroatoms. The van der Waals surface area contributed by atoms with Crippen molar-refractivity contribution in [3.63, 3.8) is 0 Å². The molecule has 0 saturated carbocycles. The third kappa shape index (κ3) is 4.22. The summed E-state index contributed by atoms with van der Waals surface area (Å²) in [5.41, 5.74) is 9.32. The van der Waals surface area contributed by atoms with Gasteiger partial charge in [0.25, 0.3) is 5.91 Å². The van der Waals surface area contributed by atoms with Crippen LogP contribution < -0.4 is 16.0 Å². The van der Waals surface area contributed by atoms with Crippen molar-refractivity contribution < 1.29 is 13.2 Å². The van der Waals surface area contributed by atoms with Crippen LogP contribution in [0.5, 0.6) is 0 Å². The molecule has 1 aromatic carbocycles. The second-order valence-electron chi connectivity index (χ2n) is 8.13. The van der Waals surface area contributed by atoms with E-state index in [0.29, 0.717) is 27.1 Å². The smallest absolute Gasteiger partial charge is 0.261 e. The van der Waals surface area contributed by atoms with Gasteiger partial charge in [0, 0.05) is 31.0 Å². The number of sulfone groups is 1. The highest BCUT2D eigenvalue weighted by atomic mass is 35.5. The Morgan fingerprint density at radius 2 is 2.00 bits per heavy atom. The number of hydrogen-bond donors (Lipinski definition) is 2. The quantitative estimate of drug-likeness (QED) is 0.418. The minimum absolute atomic E-state index is 0.0355. The second-order valence-corrected chi connectivity index (χ2v) is 11.9. The minimum atomic E-state index is -3.30. The molecule has 1 aliphatic rings. The molecule has 0 unspecified atom stereocenters. The molecule has 9 nitrogen and oxygen atoms in total. The molecule has 0 spiro atoms. The molecule has 0 bridgehead atoms. The molecule has 1 amide bonds. The summed E-state index contributed by atoms with van der Waals surface area (Å²) in [6.45, 7) is 1.32. The molecule has 5 rings (SSSR count). The summed E-state index contributed by atoms with van der Waals surface area (Å²) in [5.74, 6) is 0.199. The van der Waals surface area contributed by atoms with Crippen LogP contribution >= 0.6 is 22.9 Å². The molecule has 4 heterocycles. The van der Waals surface area contributed by atoms with Gasteiger partial charge in [-0.15, -0.1) is 11.3 Å². The molecular weight excluding hydrogens is 496 g/mol. The lowest BCUT2D eigenvalue weighted by molar-refractivity contribution is 0.0944. The van der Waals surface area contributed by atoms with Gasteiger partial charge in [-0.1, -0.05) is 23.7 Å². The number of aromatic nitrogens is 3. The van der Waals surface area contributed by atoms with E-state index in [1.54, 1.807) is 40.9 Å². The molecule has 1 saturated heterocycles. The number of nitrogens with zero attached hydrogens (tertiary/aromatic N) is 4. The summed E-state index contributed by atoms with van der Waals surface area (Å²) >= 11 is 7.20. The number of nitrogens with two attached hydrogens (primary N) is 1. The number of thiophene rings is 1. The van der Waals surface area contributed by atoms with Crippen LogP contribution in [0.2, 0.25) is 4.34 Å². The molecule has 1 aliphatic heterocycles. The maximum atomic E-state index is 12.5. The lowest BCUT2D eigenvalue weighted by Gasteiger charge is -2.18. The van der Waals surface area contributed by atoms with Gasteiger partial charge in [0.1, 0.15) is 11.8 Å². The number of carbonyl (C=O) groups excluding carboxylic acids is 1. The van der Waals surface area contributed by atoms with Gasteiger partial charge in [-0.25, -0.2) is 17.9 Å². The van der Waals surface area contributed by atoms with Crippen LogP contribution in [0.4, 0.5) is 11.5 Å². The number of nitrogens with one attached hydrogen (secondary N) is 1. The zero-order chi connectivity index (χ0) is 24.0. The van der Waals surface area contributed by atoms with Crippen LogP contribution in [-0.2, 0) is 9.84 Å². The van der Waals surface area contributed by atoms with Gasteiger partial charge in [-0.2, -0.15) is 5.10 Å². The molecule has 1 atom stereocenters. The molecule has 3 aromatic heterocycles. The number of fused-ring (bicyclic) bond motifs is 1. The van der Waals surface area contributed by atoms with E-state index in [1.165, 1.54) is 23.9 Å². The van der Waals surface area contributed by atoms with Crippen molar-refractivity contribution in [3.8, 4) is 11.3 Å². The first kappa shape index (κ1) is 22.6. The predicted octanol–water partition coefficient (Wildman–Crippen LogP) is 3.11. The Kier molecular flexibility index (Phi) is 5.70. The van der Waals surface area contributed by atoms with Crippen molar-refractivity contribution in [2.24, 2.45) is 0 Å². The van der Waals surface area contributed by atoms with Gasteiger partial charge in [0.2, 0.25) is 0 Å². The summed E-state index contributed by atoms with van der Waals surface area (Å²) in [6.07, 6.45) is 3.34. The summed E-state index contributed by atoms with van der Waals surface area (Å²) in [7, 11) is -3.30. The zero-order valence-corrected chi connectivity index (χ0v) is 20.5. The van der Waals surface area contributed by atoms with Crippen molar-refractivity contribution in [1.82, 2.24) is 19.9 Å². The Morgan fingerprint density at radius 1 is 1.24 bits per heavy atom. The van der Waals surface area contributed by atoms with Gasteiger partial charge in [-0.05, 0) is 36.8 Å². The maximum absolute atomic E-state index is 12.5. The van der Waals surface area contributed by atoms with E-state index in [2.05, 4.69) is 20.3 Å². The molecular formula is C22H21ClN6O3S2. The topological polar surface area (TPSA) is 123 Å². The lowest BCUT2D eigenvalue weighted by atomic mass is 10.1. The largest absolute Gasteiger partial charge is 0.382 e. The number of nitrogen functional groups attached to an aromatic ring is 1. The van der Waals surface area contributed by atoms with Crippen LogP contribution in [-0.4, -0.2) is 54.3 Å². The SMILES string of the molecule is CS(=O)(=O)c1ccc(-c2cc(N3CC[C@@H](NC(=O)c4ccc(Cl)s4)C3)c3c(N)ncnn23)cc1. The Labute approximate surface area is 205 Å². The molecule has 176 valence electrons. The summed E-state index contributed by atoms with van der Waals surface area (Å²) in [5, 5.41) is 7.47. The van der Waals surface area contributed by atoms with Crippen molar-refractivity contribution in [2.75, 3.05) is 30.0 Å². The third-order valence-corrected chi connectivity index (χ3v) is 8.16. The van der Waals surface area contributed by atoms with Crippen LogP contribution in [0, 0.1) is 0 Å². The summed E-state index contributed by atoms with van der Waals surface area (Å²) in [4.78, 5) is 19.7. The Balaban J connectivity index is 1.45. The molecule has 0 radical (unpaired) electrons. The standard InChI is InChI=1S/C22H21ClN6O3S2/c1-34(31,32)15-4-2-13(3-5-15)16-10-17(20-21(24)25-12-26-29(16)20)28-9-8-14(11-28)27-22(30)18-6-7-19(23)33-18/h2-7,10,12,14H,8-9,11H2,1H3,(H,27,30)(H2,24,25,26)/t14-/m1/s1. The van der Waals surface area contributed by atoms with E-state index in [-0.39, 0.29) is 16.8 Å². The Bertz CT molecular complexity index is 1500. The van der Waals surface area contributed by atoms with Crippen LogP contribution in [0.1, 0.15) is 16.1 Å². The number of amides is 1. The van der Waals surface area contributed by atoms with Crippen molar-refractivity contribution in [2.45, 2.75) is 17.4 Å². The summed E-state index contributed by atoms with van der Waals surface area (Å²) in [6, 6.07) is 12.0. The highest BCUT2D eigenvalue weighted by Gasteiger charge is 2.28. The molecule has 1 fully saturated rings.